The highest BCUT2D eigenvalue weighted by molar-refractivity contribution is 6.35. The van der Waals surface area contributed by atoms with E-state index in [1.54, 1.807) is 0 Å². The van der Waals surface area contributed by atoms with Gasteiger partial charge in [0.05, 0.1) is 33.5 Å². The first kappa shape index (κ1) is 27.9. The molecule has 0 spiro atoms. The second kappa shape index (κ2) is 8.66. The molecule has 1 N–H and O–H groups in total. The van der Waals surface area contributed by atoms with Gasteiger partial charge in [-0.3, -0.25) is 24.1 Å². The lowest BCUT2D eigenvalue weighted by Crippen LogP contribution is -2.41. The van der Waals surface area contributed by atoms with Crippen LogP contribution in [0.25, 0.3) is 0 Å². The van der Waals surface area contributed by atoms with Crippen LogP contribution in [-0.4, -0.2) is 46.9 Å². The highest BCUT2D eigenvalue weighted by atomic mass is 19.4. The van der Waals surface area contributed by atoms with Gasteiger partial charge in [-0.25, -0.2) is 4.90 Å². The molecule has 0 radical (unpaired) electrons. The number of phenolic OH excluding ortho intramolecular Hbond substituents is 1. The van der Waals surface area contributed by atoms with Gasteiger partial charge in [0.15, 0.2) is 0 Å². The van der Waals surface area contributed by atoms with Crippen LogP contribution in [0.15, 0.2) is 48.5 Å². The molecule has 0 aliphatic carbocycles. The highest BCUT2D eigenvalue weighted by Gasteiger charge is 2.55. The predicted octanol–water partition coefficient (Wildman–Crippen LogP) is 5.61. The summed E-state index contributed by atoms with van der Waals surface area (Å²) in [5.74, 6) is -4.63. The summed E-state index contributed by atoms with van der Waals surface area (Å²) in [4.78, 5) is 52.1. The van der Waals surface area contributed by atoms with E-state index in [0.29, 0.717) is 12.1 Å². The summed E-state index contributed by atoms with van der Waals surface area (Å²) in [5.41, 5.74) is -7.32. The van der Waals surface area contributed by atoms with E-state index in [1.165, 1.54) is 7.05 Å². The molecule has 1 atom stereocenters. The molecule has 212 valence electrons. The monoisotopic (exact) mass is 576 g/mol. The van der Waals surface area contributed by atoms with Gasteiger partial charge < -0.3 is 5.11 Å². The van der Waals surface area contributed by atoms with Gasteiger partial charge in [-0.1, -0.05) is 12.1 Å². The summed E-state index contributed by atoms with van der Waals surface area (Å²) < 4.78 is 84.4. The molecule has 3 aromatic carbocycles. The molecule has 0 bridgehead atoms. The van der Waals surface area contributed by atoms with E-state index in [1.807, 2.05) is 0 Å². The first-order valence-corrected chi connectivity index (χ1v) is 11.9. The predicted molar refractivity (Wildman–Crippen MR) is 131 cm³/mol. The molecule has 2 aliphatic heterocycles. The largest absolute Gasteiger partial charge is 0.505 e. The van der Waals surface area contributed by atoms with E-state index in [2.05, 4.69) is 0 Å². The minimum atomic E-state index is -5.02. The third-order valence-corrected chi connectivity index (χ3v) is 7.55. The van der Waals surface area contributed by atoms with Gasteiger partial charge in [-0.15, -0.1) is 0 Å². The molecule has 1 unspecified atom stereocenters. The Morgan fingerprint density at radius 1 is 0.659 bits per heavy atom. The number of imide groups is 2. The summed E-state index contributed by atoms with van der Waals surface area (Å²) >= 11 is 0. The summed E-state index contributed by atoms with van der Waals surface area (Å²) in [6.45, 7) is 1.92. The summed E-state index contributed by atoms with van der Waals surface area (Å²) in [7, 11) is 1.19. The summed E-state index contributed by atoms with van der Waals surface area (Å²) in [6, 6.07) is 6.82. The maximum absolute atomic E-state index is 14.7. The van der Waals surface area contributed by atoms with Crippen molar-refractivity contribution in [3.05, 3.63) is 93.0 Å². The van der Waals surface area contributed by atoms with Gasteiger partial charge in [0.25, 0.3) is 23.6 Å². The lowest BCUT2D eigenvalue weighted by atomic mass is 9.74. The van der Waals surface area contributed by atoms with Crippen LogP contribution in [0.2, 0.25) is 0 Å². The van der Waals surface area contributed by atoms with Gasteiger partial charge >= 0.3 is 12.4 Å². The lowest BCUT2D eigenvalue weighted by Gasteiger charge is -2.33. The van der Waals surface area contributed by atoms with Crippen molar-refractivity contribution in [2.24, 2.45) is 0 Å². The maximum atomic E-state index is 14.7. The first-order chi connectivity index (χ1) is 18.9. The van der Waals surface area contributed by atoms with Crippen LogP contribution in [0, 0.1) is 6.92 Å². The van der Waals surface area contributed by atoms with Gasteiger partial charge in [0.2, 0.25) is 0 Å². The molecule has 0 fully saturated rings. The Morgan fingerprint density at radius 3 is 1.63 bits per heavy atom. The molecule has 0 saturated heterocycles. The number of fused-ring (bicyclic) bond motifs is 2. The van der Waals surface area contributed by atoms with E-state index >= 15 is 0 Å². The highest BCUT2D eigenvalue weighted by Crippen LogP contribution is 2.48. The van der Waals surface area contributed by atoms with Crippen LogP contribution in [-0.2, 0) is 11.6 Å². The number of carbonyl (C=O) groups is 4. The zero-order valence-electron chi connectivity index (χ0n) is 21.4. The number of carbonyl (C=O) groups excluding carboxylic acids is 4. The van der Waals surface area contributed by atoms with Crippen LogP contribution in [0.4, 0.5) is 32.0 Å². The smallest absolute Gasteiger partial charge is 0.416 e. The topological polar surface area (TPSA) is 95.0 Å². The molecular formula is C28H18F6N2O5. The molecule has 3 aromatic rings. The van der Waals surface area contributed by atoms with Gasteiger partial charge in [0.1, 0.15) is 11.2 Å². The van der Waals surface area contributed by atoms with Crippen LogP contribution in [0.1, 0.15) is 70.6 Å². The Morgan fingerprint density at radius 2 is 1.12 bits per heavy atom. The molecule has 2 heterocycles. The molecule has 4 amide bonds. The lowest BCUT2D eigenvalue weighted by molar-refractivity contribution is -0.173. The molecule has 0 saturated carbocycles. The number of aryl methyl sites for hydroxylation is 1. The van der Waals surface area contributed by atoms with E-state index in [4.69, 9.17) is 0 Å². The van der Waals surface area contributed by atoms with Crippen LogP contribution < -0.4 is 4.90 Å². The standard InChI is InChI=1S/C28H18F6N2O5/c1-12-8-15(27(29,30)31)11-20(21(12)37)36-24(40)17-7-5-14(10-19(17)25(36)41)26(2,28(32,33)34)13-4-6-16-18(9-13)23(39)35(3)22(16)38/h4-11,37H,1-3H3. The number of rotatable bonds is 3. The van der Waals surface area contributed by atoms with Gasteiger partial charge in [-0.2, -0.15) is 26.3 Å². The Kier molecular flexibility index (Phi) is 5.89. The fourth-order valence-electron chi connectivity index (χ4n) is 5.03. The van der Waals surface area contributed by atoms with E-state index in [-0.39, 0.29) is 27.2 Å². The average molecular weight is 576 g/mol. The third kappa shape index (κ3) is 3.90. The minimum Gasteiger partial charge on any atom is -0.505 e. The van der Waals surface area contributed by atoms with Crippen molar-refractivity contribution in [3.8, 4) is 5.75 Å². The number of benzene rings is 3. The number of hydrogen-bond acceptors (Lipinski definition) is 5. The van der Waals surface area contributed by atoms with Crippen LogP contribution >= 0.6 is 0 Å². The van der Waals surface area contributed by atoms with Crippen molar-refractivity contribution in [1.82, 2.24) is 4.90 Å². The fraction of sp³-hybridized carbons (Fsp3) is 0.214. The molecule has 13 heteroatoms. The molecule has 2 aliphatic rings. The minimum absolute atomic E-state index is 0.0765. The number of amides is 4. The van der Waals surface area contributed by atoms with Crippen molar-refractivity contribution in [3.63, 3.8) is 0 Å². The van der Waals surface area contributed by atoms with Gasteiger partial charge in [-0.05, 0) is 66.9 Å². The third-order valence-electron chi connectivity index (χ3n) is 7.55. The summed E-state index contributed by atoms with van der Waals surface area (Å²) in [6.07, 6.45) is -9.90. The molecule has 5 rings (SSSR count). The first-order valence-electron chi connectivity index (χ1n) is 11.9. The Bertz CT molecular complexity index is 1710. The number of hydrogen-bond donors (Lipinski definition) is 1. The zero-order valence-corrected chi connectivity index (χ0v) is 21.4. The van der Waals surface area contributed by atoms with Crippen molar-refractivity contribution in [2.75, 3.05) is 11.9 Å². The SMILES string of the molecule is Cc1cc(C(F)(F)F)cc(N2C(=O)c3ccc(C(C)(c4ccc5c(c4)C(=O)N(C)C5=O)C(F)(F)F)cc3C2=O)c1O. The second-order valence-electron chi connectivity index (χ2n) is 9.92. The van der Waals surface area contributed by atoms with Crippen LogP contribution in [0.3, 0.4) is 0 Å². The number of nitrogens with zero attached hydrogens (tertiary/aromatic N) is 2. The number of phenols is 1. The normalized spacial score (nSPS) is 16.8. The van der Waals surface area contributed by atoms with E-state index < -0.39 is 75.1 Å². The Labute approximate surface area is 227 Å². The molecular weight excluding hydrogens is 558 g/mol. The second-order valence-corrected chi connectivity index (χ2v) is 9.92. The molecule has 41 heavy (non-hydrogen) atoms. The summed E-state index contributed by atoms with van der Waals surface area (Å²) in [5, 5.41) is 10.4. The quantitative estimate of drug-likeness (QED) is 0.323. The van der Waals surface area contributed by atoms with E-state index in [0.717, 1.165) is 55.1 Å². The Balaban J connectivity index is 1.64. The van der Waals surface area contributed by atoms with Crippen molar-refractivity contribution >= 4 is 29.3 Å². The van der Waals surface area contributed by atoms with Crippen LogP contribution in [0.5, 0.6) is 5.75 Å². The van der Waals surface area contributed by atoms with Crippen molar-refractivity contribution in [2.45, 2.75) is 31.6 Å². The number of aromatic hydroxyl groups is 1. The van der Waals surface area contributed by atoms with Crippen molar-refractivity contribution in [1.29, 1.82) is 0 Å². The van der Waals surface area contributed by atoms with Crippen molar-refractivity contribution < 1.29 is 50.6 Å². The number of alkyl halides is 6. The molecule has 0 aromatic heterocycles. The van der Waals surface area contributed by atoms with Gasteiger partial charge in [0, 0.05) is 7.05 Å². The average Bonchev–Trinajstić information content (AvgIpc) is 3.27. The number of anilines is 1. The molecule has 7 nitrogen and oxygen atoms in total. The van der Waals surface area contributed by atoms with E-state index in [9.17, 15) is 50.6 Å². The maximum Gasteiger partial charge on any atom is 0.416 e. The fourth-order valence-corrected chi connectivity index (χ4v) is 5.03. The number of halogens is 6. The Hall–Kier alpha value is -4.68. The zero-order chi connectivity index (χ0) is 30.4.